The fourth-order valence-electron chi connectivity index (χ4n) is 2.13. The van der Waals surface area contributed by atoms with E-state index in [1.165, 1.54) is 27.1 Å². The lowest BCUT2D eigenvalue weighted by atomic mass is 10.1. The second-order valence-electron chi connectivity index (χ2n) is 4.70. The topological polar surface area (TPSA) is 56.8 Å². The van der Waals surface area contributed by atoms with Gasteiger partial charge in [0.25, 0.3) is 5.91 Å². The zero-order valence-electron chi connectivity index (χ0n) is 13.3. The molecular weight excluding hydrogens is 270 g/mol. The van der Waals surface area contributed by atoms with Crippen molar-refractivity contribution in [1.29, 1.82) is 0 Å². The minimum atomic E-state index is -0.163. The van der Waals surface area contributed by atoms with Crippen LogP contribution in [-0.4, -0.2) is 33.8 Å². The summed E-state index contributed by atoms with van der Waals surface area (Å²) < 4.78 is 15.8. The molecule has 1 aromatic carbocycles. The van der Waals surface area contributed by atoms with Crippen LogP contribution in [0.2, 0.25) is 0 Å². The summed E-state index contributed by atoms with van der Waals surface area (Å²) in [5, 5.41) is 2.91. The molecule has 0 unspecified atom stereocenters. The van der Waals surface area contributed by atoms with E-state index in [1.54, 1.807) is 19.2 Å². The highest BCUT2D eigenvalue weighted by molar-refractivity contribution is 5.98. The van der Waals surface area contributed by atoms with Gasteiger partial charge < -0.3 is 19.5 Å². The summed E-state index contributed by atoms with van der Waals surface area (Å²) >= 11 is 0. The molecule has 1 rings (SSSR count). The number of ether oxygens (including phenoxy) is 3. The van der Waals surface area contributed by atoms with Crippen molar-refractivity contribution in [3.8, 4) is 17.2 Å². The first kappa shape index (κ1) is 17.1. The summed E-state index contributed by atoms with van der Waals surface area (Å²) in [5.41, 5.74) is 0.450. The van der Waals surface area contributed by atoms with E-state index in [0.717, 1.165) is 12.8 Å². The average Bonchev–Trinajstić information content (AvgIpc) is 2.52. The summed E-state index contributed by atoms with van der Waals surface area (Å²) in [4.78, 5) is 12.2. The van der Waals surface area contributed by atoms with Crippen molar-refractivity contribution in [2.24, 2.45) is 0 Å². The lowest BCUT2D eigenvalue weighted by Gasteiger charge is -2.15. The lowest BCUT2D eigenvalue weighted by Crippen LogP contribution is -2.25. The van der Waals surface area contributed by atoms with Gasteiger partial charge in [-0.1, -0.05) is 26.2 Å². The summed E-state index contributed by atoms with van der Waals surface area (Å²) in [6.45, 7) is 2.82. The molecule has 0 fully saturated rings. The van der Waals surface area contributed by atoms with Crippen LogP contribution < -0.4 is 19.5 Å². The standard InChI is InChI=1S/C16H25NO4/c1-5-6-7-8-11-17-16(18)12-9-10-13(19-2)15(21-4)14(12)20-3/h9-10H,5-8,11H2,1-4H3,(H,17,18). The van der Waals surface area contributed by atoms with Crippen molar-refractivity contribution in [3.05, 3.63) is 17.7 Å². The number of hydrogen-bond acceptors (Lipinski definition) is 4. The summed E-state index contributed by atoms with van der Waals surface area (Å²) in [7, 11) is 4.58. The number of benzene rings is 1. The Kier molecular flexibility index (Phi) is 7.43. The van der Waals surface area contributed by atoms with Gasteiger partial charge in [0, 0.05) is 6.54 Å². The van der Waals surface area contributed by atoms with Gasteiger partial charge in [-0.2, -0.15) is 0 Å². The van der Waals surface area contributed by atoms with Gasteiger partial charge in [-0.15, -0.1) is 0 Å². The van der Waals surface area contributed by atoms with Crippen LogP contribution in [0.5, 0.6) is 17.2 Å². The Morgan fingerprint density at radius 3 is 2.29 bits per heavy atom. The normalized spacial score (nSPS) is 10.1. The van der Waals surface area contributed by atoms with Crippen molar-refractivity contribution in [3.63, 3.8) is 0 Å². The van der Waals surface area contributed by atoms with Crippen LogP contribution in [0, 0.1) is 0 Å². The maximum Gasteiger partial charge on any atom is 0.255 e. The molecule has 118 valence electrons. The number of methoxy groups -OCH3 is 3. The SMILES string of the molecule is CCCCCCNC(=O)c1ccc(OC)c(OC)c1OC. The van der Waals surface area contributed by atoms with Gasteiger partial charge in [-0.25, -0.2) is 0 Å². The van der Waals surface area contributed by atoms with E-state index >= 15 is 0 Å². The van der Waals surface area contributed by atoms with Gasteiger partial charge in [0.15, 0.2) is 11.5 Å². The smallest absolute Gasteiger partial charge is 0.255 e. The van der Waals surface area contributed by atoms with E-state index in [0.29, 0.717) is 29.4 Å². The zero-order chi connectivity index (χ0) is 15.7. The number of unbranched alkanes of at least 4 members (excludes halogenated alkanes) is 3. The van der Waals surface area contributed by atoms with Gasteiger partial charge in [0.05, 0.1) is 26.9 Å². The van der Waals surface area contributed by atoms with Gasteiger partial charge in [0.1, 0.15) is 0 Å². The van der Waals surface area contributed by atoms with E-state index < -0.39 is 0 Å². The number of carbonyl (C=O) groups excluding carboxylic acids is 1. The molecule has 0 heterocycles. The zero-order valence-corrected chi connectivity index (χ0v) is 13.3. The van der Waals surface area contributed by atoms with Crippen LogP contribution >= 0.6 is 0 Å². The maximum atomic E-state index is 12.2. The molecule has 0 aliphatic rings. The van der Waals surface area contributed by atoms with Gasteiger partial charge in [0.2, 0.25) is 5.75 Å². The molecular formula is C16H25NO4. The van der Waals surface area contributed by atoms with Gasteiger partial charge in [-0.05, 0) is 18.6 Å². The number of carbonyl (C=O) groups is 1. The molecule has 5 nitrogen and oxygen atoms in total. The predicted molar refractivity (Wildman–Crippen MR) is 82.6 cm³/mol. The van der Waals surface area contributed by atoms with Crippen molar-refractivity contribution >= 4 is 5.91 Å². The molecule has 0 radical (unpaired) electrons. The number of rotatable bonds is 9. The third-order valence-electron chi connectivity index (χ3n) is 3.26. The monoisotopic (exact) mass is 295 g/mol. The minimum absolute atomic E-state index is 0.163. The van der Waals surface area contributed by atoms with Crippen molar-refractivity contribution in [2.45, 2.75) is 32.6 Å². The van der Waals surface area contributed by atoms with E-state index in [-0.39, 0.29) is 5.91 Å². The molecule has 0 aromatic heterocycles. The number of amides is 1. The molecule has 0 aliphatic carbocycles. The fourth-order valence-corrected chi connectivity index (χ4v) is 2.13. The molecule has 0 saturated carbocycles. The van der Waals surface area contributed by atoms with Crippen LogP contribution in [0.25, 0.3) is 0 Å². The first-order valence-electron chi connectivity index (χ1n) is 7.26. The highest BCUT2D eigenvalue weighted by atomic mass is 16.5. The molecule has 1 amide bonds. The van der Waals surface area contributed by atoms with Crippen LogP contribution in [0.1, 0.15) is 43.0 Å². The number of nitrogens with one attached hydrogen (secondary N) is 1. The number of hydrogen-bond donors (Lipinski definition) is 1. The molecule has 1 aromatic rings. The highest BCUT2D eigenvalue weighted by Crippen LogP contribution is 2.39. The quantitative estimate of drug-likeness (QED) is 0.711. The summed E-state index contributed by atoms with van der Waals surface area (Å²) in [6, 6.07) is 3.38. The molecule has 0 bridgehead atoms. The first-order chi connectivity index (χ1) is 10.2. The van der Waals surface area contributed by atoms with Crippen molar-refractivity contribution in [2.75, 3.05) is 27.9 Å². The van der Waals surface area contributed by atoms with Crippen LogP contribution in [0.4, 0.5) is 0 Å². The van der Waals surface area contributed by atoms with E-state index in [2.05, 4.69) is 12.2 Å². The molecule has 0 saturated heterocycles. The largest absolute Gasteiger partial charge is 0.493 e. The van der Waals surface area contributed by atoms with Crippen LogP contribution in [0.15, 0.2) is 12.1 Å². The van der Waals surface area contributed by atoms with Gasteiger partial charge in [-0.3, -0.25) is 4.79 Å². The predicted octanol–water partition coefficient (Wildman–Crippen LogP) is 3.02. The Labute approximate surface area is 126 Å². The molecule has 0 atom stereocenters. The minimum Gasteiger partial charge on any atom is -0.493 e. The van der Waals surface area contributed by atoms with Gasteiger partial charge >= 0.3 is 0 Å². The Hall–Kier alpha value is -1.91. The van der Waals surface area contributed by atoms with E-state index in [9.17, 15) is 4.79 Å². The lowest BCUT2D eigenvalue weighted by molar-refractivity contribution is 0.0949. The molecule has 0 spiro atoms. The second-order valence-corrected chi connectivity index (χ2v) is 4.70. The van der Waals surface area contributed by atoms with E-state index in [4.69, 9.17) is 14.2 Å². The van der Waals surface area contributed by atoms with Crippen LogP contribution in [-0.2, 0) is 0 Å². The summed E-state index contributed by atoms with van der Waals surface area (Å²) in [5.74, 6) is 1.19. The third kappa shape index (κ3) is 4.55. The van der Waals surface area contributed by atoms with Crippen molar-refractivity contribution in [1.82, 2.24) is 5.32 Å². The molecule has 21 heavy (non-hydrogen) atoms. The Morgan fingerprint density at radius 1 is 1.00 bits per heavy atom. The van der Waals surface area contributed by atoms with Crippen molar-refractivity contribution < 1.29 is 19.0 Å². The molecule has 1 N–H and O–H groups in total. The first-order valence-corrected chi connectivity index (χ1v) is 7.26. The average molecular weight is 295 g/mol. The second kappa shape index (κ2) is 9.10. The third-order valence-corrected chi connectivity index (χ3v) is 3.26. The maximum absolute atomic E-state index is 12.2. The molecule has 5 heteroatoms. The van der Waals surface area contributed by atoms with Crippen LogP contribution in [0.3, 0.4) is 0 Å². The highest BCUT2D eigenvalue weighted by Gasteiger charge is 2.20. The Balaban J connectivity index is 2.79. The Bertz CT molecular complexity index is 460. The summed E-state index contributed by atoms with van der Waals surface area (Å²) in [6.07, 6.45) is 4.47. The molecule has 0 aliphatic heterocycles. The fraction of sp³-hybridized carbons (Fsp3) is 0.562. The van der Waals surface area contributed by atoms with E-state index in [1.807, 2.05) is 0 Å². The Morgan fingerprint density at radius 2 is 1.71 bits per heavy atom.